The maximum atomic E-state index is 12.0. The summed E-state index contributed by atoms with van der Waals surface area (Å²) in [7, 11) is 2.19. The number of carbonyl (C=O) groups excluding carboxylic acids is 1. The van der Waals surface area contributed by atoms with Gasteiger partial charge in [0, 0.05) is 13.1 Å². The summed E-state index contributed by atoms with van der Waals surface area (Å²) < 4.78 is 0. The lowest BCUT2D eigenvalue weighted by molar-refractivity contribution is -0.125. The summed E-state index contributed by atoms with van der Waals surface area (Å²) in [5.74, 6) is 1.72. The Morgan fingerprint density at radius 2 is 2.06 bits per heavy atom. The van der Waals surface area contributed by atoms with Crippen LogP contribution < -0.4 is 10.6 Å². The zero-order chi connectivity index (χ0) is 13.0. The molecule has 0 aliphatic carbocycles. The second kappa shape index (κ2) is 6.53. The van der Waals surface area contributed by atoms with Crippen LogP contribution >= 0.6 is 0 Å². The Labute approximate surface area is 110 Å². The summed E-state index contributed by atoms with van der Waals surface area (Å²) >= 11 is 0. The van der Waals surface area contributed by atoms with Gasteiger partial charge in [-0.1, -0.05) is 6.92 Å². The molecule has 0 radical (unpaired) electrons. The van der Waals surface area contributed by atoms with E-state index in [0.29, 0.717) is 5.92 Å². The van der Waals surface area contributed by atoms with Gasteiger partial charge in [0.1, 0.15) is 0 Å². The standard InChI is InChI=1S/C14H27N3O/c1-11-9-15-10-13(11)14(18)16-6-3-12-4-7-17(2)8-5-12/h11-13,15H,3-10H2,1-2H3,(H,16,18)/t11-,13-/m1/s1. The number of nitrogens with one attached hydrogen (secondary N) is 2. The first-order valence-corrected chi connectivity index (χ1v) is 7.34. The fourth-order valence-corrected chi connectivity index (χ4v) is 3.04. The maximum Gasteiger partial charge on any atom is 0.224 e. The lowest BCUT2D eigenvalue weighted by Gasteiger charge is -2.29. The molecule has 2 fully saturated rings. The third-order valence-electron chi connectivity index (χ3n) is 4.54. The molecule has 4 nitrogen and oxygen atoms in total. The van der Waals surface area contributed by atoms with Gasteiger partial charge in [-0.3, -0.25) is 4.79 Å². The summed E-state index contributed by atoms with van der Waals surface area (Å²) in [5, 5.41) is 6.40. The van der Waals surface area contributed by atoms with Gasteiger partial charge in [-0.05, 0) is 57.8 Å². The molecular formula is C14H27N3O. The van der Waals surface area contributed by atoms with Crippen LogP contribution in [0.3, 0.4) is 0 Å². The molecule has 104 valence electrons. The van der Waals surface area contributed by atoms with Crippen molar-refractivity contribution in [3.8, 4) is 0 Å². The lowest BCUT2D eigenvalue weighted by atomic mass is 9.93. The predicted molar refractivity (Wildman–Crippen MR) is 73.4 cm³/mol. The summed E-state index contributed by atoms with van der Waals surface area (Å²) in [5.41, 5.74) is 0. The number of hydrogen-bond donors (Lipinski definition) is 2. The van der Waals surface area contributed by atoms with Crippen LogP contribution in [0.4, 0.5) is 0 Å². The van der Waals surface area contributed by atoms with Crippen molar-refractivity contribution in [2.75, 3.05) is 39.8 Å². The minimum atomic E-state index is 0.183. The first-order chi connectivity index (χ1) is 8.66. The molecule has 2 saturated heterocycles. The number of amides is 1. The van der Waals surface area contributed by atoms with E-state index in [9.17, 15) is 4.79 Å². The van der Waals surface area contributed by atoms with Gasteiger partial charge in [-0.2, -0.15) is 0 Å². The number of hydrogen-bond acceptors (Lipinski definition) is 3. The largest absolute Gasteiger partial charge is 0.356 e. The summed E-state index contributed by atoms with van der Waals surface area (Å²) in [6.45, 7) is 7.26. The van der Waals surface area contributed by atoms with E-state index in [2.05, 4.69) is 29.5 Å². The average molecular weight is 253 g/mol. The van der Waals surface area contributed by atoms with Gasteiger partial charge in [0.15, 0.2) is 0 Å². The molecule has 0 saturated carbocycles. The van der Waals surface area contributed by atoms with Gasteiger partial charge in [0.05, 0.1) is 5.92 Å². The Hall–Kier alpha value is -0.610. The maximum absolute atomic E-state index is 12.0. The van der Waals surface area contributed by atoms with Crippen LogP contribution in [-0.2, 0) is 4.79 Å². The van der Waals surface area contributed by atoms with E-state index in [1.54, 1.807) is 0 Å². The van der Waals surface area contributed by atoms with E-state index in [-0.39, 0.29) is 11.8 Å². The molecule has 0 aromatic carbocycles. The van der Waals surface area contributed by atoms with Crippen molar-refractivity contribution >= 4 is 5.91 Å². The van der Waals surface area contributed by atoms with Crippen molar-refractivity contribution in [1.82, 2.24) is 15.5 Å². The minimum absolute atomic E-state index is 0.183. The normalized spacial score (nSPS) is 30.6. The summed E-state index contributed by atoms with van der Waals surface area (Å²) in [6, 6.07) is 0. The molecule has 0 aromatic rings. The summed E-state index contributed by atoms with van der Waals surface area (Å²) in [4.78, 5) is 14.4. The molecule has 2 rings (SSSR count). The third-order valence-corrected chi connectivity index (χ3v) is 4.54. The lowest BCUT2D eigenvalue weighted by Crippen LogP contribution is -2.36. The Morgan fingerprint density at radius 3 is 2.67 bits per heavy atom. The second-order valence-electron chi connectivity index (χ2n) is 6.07. The molecule has 2 aliphatic heterocycles. The molecule has 0 aromatic heterocycles. The smallest absolute Gasteiger partial charge is 0.224 e. The molecule has 0 unspecified atom stereocenters. The number of piperidine rings is 1. The van der Waals surface area contributed by atoms with Gasteiger partial charge >= 0.3 is 0 Å². The fraction of sp³-hybridized carbons (Fsp3) is 0.929. The van der Waals surface area contributed by atoms with Crippen molar-refractivity contribution in [2.24, 2.45) is 17.8 Å². The topological polar surface area (TPSA) is 44.4 Å². The van der Waals surface area contributed by atoms with Crippen LogP contribution in [-0.4, -0.2) is 50.6 Å². The minimum Gasteiger partial charge on any atom is -0.356 e. The average Bonchev–Trinajstić information content (AvgIpc) is 2.78. The van der Waals surface area contributed by atoms with E-state index in [1.165, 1.54) is 25.9 Å². The Morgan fingerprint density at radius 1 is 1.33 bits per heavy atom. The van der Waals surface area contributed by atoms with Gasteiger partial charge < -0.3 is 15.5 Å². The first kappa shape index (κ1) is 13.8. The summed E-state index contributed by atoms with van der Waals surface area (Å²) in [6.07, 6.45) is 3.72. The molecule has 2 N–H and O–H groups in total. The van der Waals surface area contributed by atoms with Crippen molar-refractivity contribution in [3.63, 3.8) is 0 Å². The fourth-order valence-electron chi connectivity index (χ4n) is 3.04. The van der Waals surface area contributed by atoms with Crippen molar-refractivity contribution in [2.45, 2.75) is 26.2 Å². The van der Waals surface area contributed by atoms with E-state index < -0.39 is 0 Å². The van der Waals surface area contributed by atoms with Crippen LogP contribution in [0, 0.1) is 17.8 Å². The van der Waals surface area contributed by atoms with Gasteiger partial charge in [0.25, 0.3) is 0 Å². The number of likely N-dealkylation sites (tertiary alicyclic amines) is 1. The molecule has 0 bridgehead atoms. The zero-order valence-electron chi connectivity index (χ0n) is 11.7. The van der Waals surface area contributed by atoms with Crippen molar-refractivity contribution in [3.05, 3.63) is 0 Å². The highest BCUT2D eigenvalue weighted by molar-refractivity contribution is 5.79. The Balaban J connectivity index is 1.61. The van der Waals surface area contributed by atoms with E-state index >= 15 is 0 Å². The zero-order valence-corrected chi connectivity index (χ0v) is 11.7. The molecule has 2 heterocycles. The molecule has 0 spiro atoms. The van der Waals surface area contributed by atoms with Crippen LogP contribution in [0.15, 0.2) is 0 Å². The number of carbonyl (C=O) groups is 1. The monoisotopic (exact) mass is 253 g/mol. The molecule has 2 aliphatic rings. The van der Waals surface area contributed by atoms with E-state index in [0.717, 1.165) is 32.0 Å². The molecule has 1 amide bonds. The second-order valence-corrected chi connectivity index (χ2v) is 6.07. The Bertz CT molecular complexity index is 274. The number of rotatable bonds is 4. The Kier molecular flexibility index (Phi) is 5.01. The van der Waals surface area contributed by atoms with E-state index in [1.807, 2.05) is 0 Å². The highest BCUT2D eigenvalue weighted by Gasteiger charge is 2.29. The SMILES string of the molecule is C[C@@H]1CNC[C@H]1C(=O)NCCC1CCN(C)CC1. The molecule has 18 heavy (non-hydrogen) atoms. The third kappa shape index (κ3) is 3.69. The molecule has 2 atom stereocenters. The highest BCUT2D eigenvalue weighted by atomic mass is 16.1. The number of nitrogens with zero attached hydrogens (tertiary/aromatic N) is 1. The van der Waals surface area contributed by atoms with Gasteiger partial charge in [0.2, 0.25) is 5.91 Å². The van der Waals surface area contributed by atoms with Crippen LogP contribution in [0.25, 0.3) is 0 Å². The van der Waals surface area contributed by atoms with Crippen LogP contribution in [0.5, 0.6) is 0 Å². The van der Waals surface area contributed by atoms with Crippen molar-refractivity contribution in [1.29, 1.82) is 0 Å². The highest BCUT2D eigenvalue weighted by Crippen LogP contribution is 2.19. The van der Waals surface area contributed by atoms with Crippen LogP contribution in [0.1, 0.15) is 26.2 Å². The van der Waals surface area contributed by atoms with Crippen LogP contribution in [0.2, 0.25) is 0 Å². The van der Waals surface area contributed by atoms with Crippen molar-refractivity contribution < 1.29 is 4.79 Å². The van der Waals surface area contributed by atoms with Gasteiger partial charge in [-0.15, -0.1) is 0 Å². The molecule has 4 heteroatoms. The predicted octanol–water partition coefficient (Wildman–Crippen LogP) is 0.690. The van der Waals surface area contributed by atoms with Gasteiger partial charge in [-0.25, -0.2) is 0 Å². The quantitative estimate of drug-likeness (QED) is 0.775. The first-order valence-electron chi connectivity index (χ1n) is 7.34. The molecular weight excluding hydrogens is 226 g/mol. The van der Waals surface area contributed by atoms with E-state index in [4.69, 9.17) is 0 Å².